The fraction of sp³-hybridized carbons (Fsp3) is 0.643. The first-order chi connectivity index (χ1) is 9.72. The van der Waals surface area contributed by atoms with E-state index in [-0.39, 0.29) is 0 Å². The van der Waals surface area contributed by atoms with Crippen LogP contribution in [-0.4, -0.2) is 33.1 Å². The molecule has 20 heavy (non-hydrogen) atoms. The molecule has 1 atom stereocenters. The molecule has 3 heterocycles. The average molecular weight is 292 g/mol. The highest BCUT2D eigenvalue weighted by atomic mass is 32.1. The van der Waals surface area contributed by atoms with E-state index in [4.69, 9.17) is 4.52 Å². The Morgan fingerprint density at radius 2 is 2.40 bits per heavy atom. The highest BCUT2D eigenvalue weighted by molar-refractivity contribution is 7.09. The van der Waals surface area contributed by atoms with Crippen molar-refractivity contribution < 1.29 is 4.52 Å². The van der Waals surface area contributed by atoms with Crippen molar-refractivity contribution >= 4 is 11.3 Å². The first-order valence-corrected chi connectivity index (χ1v) is 8.04. The van der Waals surface area contributed by atoms with E-state index < -0.39 is 0 Å². The quantitative estimate of drug-likeness (QED) is 0.867. The zero-order valence-corrected chi connectivity index (χ0v) is 12.8. The minimum Gasteiger partial charge on any atom is -0.339 e. The van der Waals surface area contributed by atoms with Gasteiger partial charge in [-0.25, -0.2) is 4.98 Å². The van der Waals surface area contributed by atoms with Gasteiger partial charge in [0.05, 0.1) is 12.5 Å². The van der Waals surface area contributed by atoms with Crippen LogP contribution in [0.3, 0.4) is 0 Å². The molecule has 2 aromatic heterocycles. The van der Waals surface area contributed by atoms with E-state index in [1.807, 2.05) is 11.6 Å². The third-order valence-corrected chi connectivity index (χ3v) is 4.44. The molecule has 0 N–H and O–H groups in total. The lowest BCUT2D eigenvalue weighted by atomic mass is 9.98. The van der Waals surface area contributed by atoms with E-state index in [2.05, 4.69) is 33.9 Å². The summed E-state index contributed by atoms with van der Waals surface area (Å²) in [7, 11) is 0. The van der Waals surface area contributed by atoms with Gasteiger partial charge in [0.15, 0.2) is 5.82 Å². The summed E-state index contributed by atoms with van der Waals surface area (Å²) >= 11 is 1.72. The summed E-state index contributed by atoms with van der Waals surface area (Å²) in [6, 6.07) is 0. The number of rotatable bonds is 4. The second kappa shape index (κ2) is 6.01. The SMILES string of the molecule is CC(C)c1noc([C@H]2CCCN(Cc3nccs3)C2)n1. The van der Waals surface area contributed by atoms with E-state index in [0.29, 0.717) is 11.8 Å². The molecule has 108 valence electrons. The van der Waals surface area contributed by atoms with Crippen molar-refractivity contribution in [3.63, 3.8) is 0 Å². The van der Waals surface area contributed by atoms with Gasteiger partial charge in [-0.1, -0.05) is 19.0 Å². The molecule has 1 fully saturated rings. The van der Waals surface area contributed by atoms with Gasteiger partial charge in [-0.05, 0) is 19.4 Å². The van der Waals surface area contributed by atoms with E-state index in [1.54, 1.807) is 11.3 Å². The fourth-order valence-electron chi connectivity index (χ4n) is 2.57. The third kappa shape index (κ3) is 3.07. The zero-order valence-electron chi connectivity index (χ0n) is 12.0. The fourth-order valence-corrected chi connectivity index (χ4v) is 3.23. The van der Waals surface area contributed by atoms with Gasteiger partial charge in [-0.15, -0.1) is 11.3 Å². The Labute approximate surface area is 123 Å². The summed E-state index contributed by atoms with van der Waals surface area (Å²) in [5.41, 5.74) is 0. The van der Waals surface area contributed by atoms with Crippen molar-refractivity contribution in [3.05, 3.63) is 28.3 Å². The van der Waals surface area contributed by atoms with Crippen LogP contribution in [0.15, 0.2) is 16.1 Å². The van der Waals surface area contributed by atoms with Gasteiger partial charge in [0.1, 0.15) is 5.01 Å². The Bertz CT molecular complexity index is 537. The summed E-state index contributed by atoms with van der Waals surface area (Å²) in [5, 5.41) is 7.29. The maximum atomic E-state index is 5.45. The topological polar surface area (TPSA) is 55.1 Å². The molecule has 5 nitrogen and oxygen atoms in total. The third-order valence-electron chi connectivity index (χ3n) is 3.67. The molecule has 0 unspecified atom stereocenters. The van der Waals surface area contributed by atoms with Gasteiger partial charge in [0, 0.05) is 24.0 Å². The maximum Gasteiger partial charge on any atom is 0.231 e. The van der Waals surface area contributed by atoms with Crippen LogP contribution >= 0.6 is 11.3 Å². The number of aromatic nitrogens is 3. The van der Waals surface area contributed by atoms with Gasteiger partial charge in [0.25, 0.3) is 0 Å². The minimum atomic E-state index is 0.322. The first kappa shape index (κ1) is 13.7. The molecule has 0 bridgehead atoms. The molecule has 0 spiro atoms. The number of thiazole rings is 1. The van der Waals surface area contributed by atoms with E-state index in [1.165, 1.54) is 11.4 Å². The predicted octanol–water partition coefficient (Wildman–Crippen LogP) is 3.03. The molecule has 1 aliphatic rings. The van der Waals surface area contributed by atoms with Crippen molar-refractivity contribution in [2.24, 2.45) is 0 Å². The Hall–Kier alpha value is -1.27. The lowest BCUT2D eigenvalue weighted by molar-refractivity contribution is 0.180. The molecular formula is C14H20N4OS. The number of hydrogen-bond acceptors (Lipinski definition) is 6. The van der Waals surface area contributed by atoms with Crippen LogP contribution < -0.4 is 0 Å². The van der Waals surface area contributed by atoms with Crippen LogP contribution in [0.25, 0.3) is 0 Å². The van der Waals surface area contributed by atoms with Crippen molar-refractivity contribution in [1.82, 2.24) is 20.0 Å². The maximum absolute atomic E-state index is 5.45. The number of piperidine rings is 1. The highest BCUT2D eigenvalue weighted by Gasteiger charge is 2.26. The van der Waals surface area contributed by atoms with Gasteiger partial charge in [-0.3, -0.25) is 4.90 Å². The van der Waals surface area contributed by atoms with Gasteiger partial charge >= 0.3 is 0 Å². The largest absolute Gasteiger partial charge is 0.339 e. The monoisotopic (exact) mass is 292 g/mol. The normalized spacial score (nSPS) is 20.6. The molecule has 3 rings (SSSR count). The van der Waals surface area contributed by atoms with Crippen LogP contribution in [0.4, 0.5) is 0 Å². The van der Waals surface area contributed by atoms with Crippen LogP contribution in [0.5, 0.6) is 0 Å². The van der Waals surface area contributed by atoms with Crippen molar-refractivity contribution in [3.8, 4) is 0 Å². The van der Waals surface area contributed by atoms with Crippen molar-refractivity contribution in [2.45, 2.75) is 45.1 Å². The van der Waals surface area contributed by atoms with Crippen LogP contribution in [-0.2, 0) is 6.54 Å². The zero-order chi connectivity index (χ0) is 13.9. The molecule has 0 amide bonds. The van der Waals surface area contributed by atoms with Crippen molar-refractivity contribution in [2.75, 3.05) is 13.1 Å². The lowest BCUT2D eigenvalue weighted by Crippen LogP contribution is -2.34. The van der Waals surface area contributed by atoms with Gasteiger partial charge < -0.3 is 4.52 Å². The standard InChI is InChI=1S/C14H20N4OS/c1-10(2)13-16-14(19-17-13)11-4-3-6-18(8-11)9-12-15-5-7-20-12/h5,7,10-11H,3-4,6,8-9H2,1-2H3/t11-/m0/s1. The summed E-state index contributed by atoms with van der Waals surface area (Å²) in [4.78, 5) is 11.3. The lowest BCUT2D eigenvalue weighted by Gasteiger charge is -2.30. The molecule has 1 saturated heterocycles. The second-order valence-corrected chi connectivity index (χ2v) is 6.62. The summed E-state index contributed by atoms with van der Waals surface area (Å²) in [6.45, 7) is 7.22. The van der Waals surface area contributed by atoms with Crippen LogP contribution in [0.2, 0.25) is 0 Å². The number of hydrogen-bond donors (Lipinski definition) is 0. The molecule has 2 aromatic rings. The second-order valence-electron chi connectivity index (χ2n) is 5.65. The molecule has 0 radical (unpaired) electrons. The van der Waals surface area contributed by atoms with Gasteiger partial charge in [0.2, 0.25) is 5.89 Å². The van der Waals surface area contributed by atoms with E-state index in [0.717, 1.165) is 37.8 Å². The molecule has 0 aliphatic carbocycles. The summed E-state index contributed by atoms with van der Waals surface area (Å²) in [6.07, 6.45) is 4.18. The Morgan fingerprint density at radius 3 is 3.10 bits per heavy atom. The van der Waals surface area contributed by atoms with Crippen molar-refractivity contribution in [1.29, 1.82) is 0 Å². The van der Waals surface area contributed by atoms with Crippen LogP contribution in [0.1, 0.15) is 55.2 Å². The Balaban J connectivity index is 1.65. The summed E-state index contributed by atoms with van der Waals surface area (Å²) < 4.78 is 5.45. The smallest absolute Gasteiger partial charge is 0.231 e. The molecule has 0 saturated carbocycles. The molecule has 0 aromatic carbocycles. The van der Waals surface area contributed by atoms with E-state index >= 15 is 0 Å². The van der Waals surface area contributed by atoms with Gasteiger partial charge in [-0.2, -0.15) is 4.98 Å². The Kier molecular flexibility index (Phi) is 4.12. The first-order valence-electron chi connectivity index (χ1n) is 7.16. The number of likely N-dealkylation sites (tertiary alicyclic amines) is 1. The molecular weight excluding hydrogens is 272 g/mol. The summed E-state index contributed by atoms with van der Waals surface area (Å²) in [5.74, 6) is 2.31. The minimum absolute atomic E-state index is 0.322. The predicted molar refractivity (Wildman–Crippen MR) is 77.8 cm³/mol. The average Bonchev–Trinajstić information content (AvgIpc) is 3.09. The number of nitrogens with zero attached hydrogens (tertiary/aromatic N) is 4. The molecule has 6 heteroatoms. The van der Waals surface area contributed by atoms with Crippen LogP contribution in [0, 0.1) is 0 Å². The Morgan fingerprint density at radius 1 is 1.50 bits per heavy atom. The van der Waals surface area contributed by atoms with E-state index in [9.17, 15) is 0 Å². The highest BCUT2D eigenvalue weighted by Crippen LogP contribution is 2.27. The molecule has 1 aliphatic heterocycles.